The zero-order valence-electron chi connectivity index (χ0n) is 30.6. The molecule has 3 saturated carbocycles. The maximum Gasteiger partial charge on any atom is 0.478 e. The lowest BCUT2D eigenvalue weighted by atomic mass is 9.43. The standard InChI is InChI=1S/C37H46BF3N6O6/c1-20(2)29(45-31(49)23-13-10-14-24(16-23)36(46-47-36)37(39,40)41)33(51)44-26(15-22-11-8-7-9-12-22)32(50)43-21(3)30(48)42-19-38-52-28-18-25-17-27(34(25,4)5)35(28,6)53-38/h7-14,16,20-21,25-29H,15,17-19H2,1-6H3,(H,42,48)(H,43,50)(H,44,51)(H,45,49)/t21-,25-,26?,27?,28+,29-,35-/m0/s1. The van der Waals surface area contributed by atoms with E-state index in [4.69, 9.17) is 9.31 Å². The fourth-order valence-electron chi connectivity index (χ4n) is 8.15. The van der Waals surface area contributed by atoms with E-state index in [1.54, 1.807) is 38.1 Å². The highest BCUT2D eigenvalue weighted by atomic mass is 19.4. The van der Waals surface area contributed by atoms with Gasteiger partial charge in [0.1, 0.15) is 18.1 Å². The van der Waals surface area contributed by atoms with Gasteiger partial charge in [-0.05, 0) is 67.6 Å². The number of rotatable bonds is 13. The minimum Gasteiger partial charge on any atom is -0.404 e. The summed E-state index contributed by atoms with van der Waals surface area (Å²) >= 11 is 0. The van der Waals surface area contributed by atoms with E-state index >= 15 is 0 Å². The van der Waals surface area contributed by atoms with Crippen molar-refractivity contribution >= 4 is 30.7 Å². The second kappa shape index (κ2) is 14.2. The molecule has 2 heterocycles. The lowest BCUT2D eigenvalue weighted by Gasteiger charge is -2.64. The smallest absolute Gasteiger partial charge is 0.404 e. The molecular weight excluding hydrogens is 692 g/mol. The number of hydrogen-bond donors (Lipinski definition) is 4. The molecule has 1 saturated heterocycles. The average molecular weight is 739 g/mol. The topological polar surface area (TPSA) is 160 Å². The molecule has 0 radical (unpaired) electrons. The molecule has 2 aromatic carbocycles. The van der Waals surface area contributed by atoms with E-state index in [1.807, 2.05) is 6.07 Å². The molecule has 5 aliphatic rings. The summed E-state index contributed by atoms with van der Waals surface area (Å²) in [5, 5.41) is 17.2. The Morgan fingerprint density at radius 1 is 0.906 bits per heavy atom. The van der Waals surface area contributed by atoms with Gasteiger partial charge in [0, 0.05) is 17.5 Å². The van der Waals surface area contributed by atoms with E-state index in [1.165, 1.54) is 25.1 Å². The number of nitrogens with zero attached hydrogens (tertiary/aromatic N) is 2. The monoisotopic (exact) mass is 738 g/mol. The third-order valence-corrected chi connectivity index (χ3v) is 11.6. The summed E-state index contributed by atoms with van der Waals surface area (Å²) in [5.74, 6) is -2.11. The summed E-state index contributed by atoms with van der Waals surface area (Å²) in [7, 11) is -0.618. The summed E-state index contributed by atoms with van der Waals surface area (Å²) in [5.41, 5.74) is -2.67. The summed E-state index contributed by atoms with van der Waals surface area (Å²) in [6.07, 6.45) is -2.63. The summed E-state index contributed by atoms with van der Waals surface area (Å²) in [6, 6.07) is 10.5. The first kappa shape index (κ1) is 38.4. The number of halogens is 3. The second-order valence-electron chi connectivity index (χ2n) is 15.8. The van der Waals surface area contributed by atoms with Crippen LogP contribution in [0.3, 0.4) is 0 Å². The van der Waals surface area contributed by atoms with E-state index in [9.17, 15) is 32.3 Å². The molecule has 53 heavy (non-hydrogen) atoms. The summed E-state index contributed by atoms with van der Waals surface area (Å²) < 4.78 is 53.4. The van der Waals surface area contributed by atoms with Gasteiger partial charge < -0.3 is 30.6 Å². The van der Waals surface area contributed by atoms with Crippen molar-refractivity contribution in [1.82, 2.24) is 21.3 Å². The molecule has 7 rings (SSSR count). The van der Waals surface area contributed by atoms with Crippen LogP contribution in [0.1, 0.15) is 75.9 Å². The summed E-state index contributed by atoms with van der Waals surface area (Å²) in [6.45, 7) is 11.5. The van der Waals surface area contributed by atoms with Crippen LogP contribution < -0.4 is 21.3 Å². The second-order valence-corrected chi connectivity index (χ2v) is 15.8. The molecule has 0 spiro atoms. The summed E-state index contributed by atoms with van der Waals surface area (Å²) in [4.78, 5) is 53.8. The van der Waals surface area contributed by atoms with Crippen molar-refractivity contribution in [3.8, 4) is 0 Å². The maximum absolute atomic E-state index is 13.7. The molecule has 7 atom stereocenters. The van der Waals surface area contributed by atoms with Crippen LogP contribution in [0.25, 0.3) is 0 Å². The van der Waals surface area contributed by atoms with E-state index < -0.39 is 72.2 Å². The van der Waals surface area contributed by atoms with Gasteiger partial charge in [0.25, 0.3) is 5.91 Å². The van der Waals surface area contributed by atoms with Crippen molar-refractivity contribution in [3.05, 3.63) is 71.3 Å². The highest BCUT2D eigenvalue weighted by Crippen LogP contribution is 2.65. The van der Waals surface area contributed by atoms with E-state index in [0.717, 1.165) is 24.5 Å². The first-order valence-corrected chi connectivity index (χ1v) is 18.0. The van der Waals surface area contributed by atoms with Crippen LogP contribution in [0.15, 0.2) is 64.8 Å². The molecule has 0 aromatic heterocycles. The molecule has 4 N–H and O–H groups in total. The molecule has 2 bridgehead atoms. The molecule has 2 unspecified atom stereocenters. The van der Waals surface area contributed by atoms with Crippen molar-refractivity contribution in [2.75, 3.05) is 6.44 Å². The molecule has 4 fully saturated rings. The number of nitrogens with one attached hydrogen (secondary N) is 4. The van der Waals surface area contributed by atoms with Crippen LogP contribution in [-0.2, 0) is 35.8 Å². The predicted molar refractivity (Wildman–Crippen MR) is 188 cm³/mol. The van der Waals surface area contributed by atoms with Gasteiger partial charge in [0.05, 0.1) is 18.1 Å². The highest BCUT2D eigenvalue weighted by Gasteiger charge is 2.68. The number of alkyl halides is 3. The van der Waals surface area contributed by atoms with Crippen molar-refractivity contribution in [1.29, 1.82) is 0 Å². The SMILES string of the molecule is CC(C)[C@H](NC(=O)c1cccc(C2(C(F)(F)F)N=N2)c1)C(=O)NC(Cc1ccccc1)C(=O)N[C@@H](C)C(=O)NCB1O[C@@H]2C[C@@H]3CC(C3(C)C)[C@]2(C)O1. The zero-order chi connectivity index (χ0) is 38.5. The molecule has 4 amide bonds. The number of benzene rings is 2. The fourth-order valence-corrected chi connectivity index (χ4v) is 8.15. The van der Waals surface area contributed by atoms with Crippen LogP contribution in [0.2, 0.25) is 0 Å². The van der Waals surface area contributed by atoms with Crippen LogP contribution in [0.5, 0.6) is 0 Å². The third-order valence-electron chi connectivity index (χ3n) is 11.6. The molecule has 3 aliphatic carbocycles. The van der Waals surface area contributed by atoms with Crippen molar-refractivity contribution < 1.29 is 41.7 Å². The minimum absolute atomic E-state index is 0.0404. The Bertz CT molecular complexity index is 1770. The lowest BCUT2D eigenvalue weighted by Crippen LogP contribution is -2.65. The molecule has 2 aliphatic heterocycles. The molecule has 12 nitrogen and oxygen atoms in total. The Kier molecular flexibility index (Phi) is 10.3. The van der Waals surface area contributed by atoms with Crippen molar-refractivity contribution in [2.45, 2.75) is 102 Å². The van der Waals surface area contributed by atoms with Crippen molar-refractivity contribution in [2.24, 2.45) is 33.4 Å². The van der Waals surface area contributed by atoms with E-state index in [2.05, 4.69) is 52.3 Å². The maximum atomic E-state index is 13.7. The third kappa shape index (κ3) is 7.44. The predicted octanol–water partition coefficient (Wildman–Crippen LogP) is 4.24. The van der Waals surface area contributed by atoms with Gasteiger partial charge in [-0.2, -0.15) is 13.2 Å². The van der Waals surface area contributed by atoms with Gasteiger partial charge in [-0.3, -0.25) is 19.2 Å². The lowest BCUT2D eigenvalue weighted by molar-refractivity contribution is -0.199. The number of hydrogen-bond acceptors (Lipinski definition) is 8. The van der Waals surface area contributed by atoms with Crippen LogP contribution in [0, 0.1) is 23.2 Å². The minimum atomic E-state index is -4.78. The van der Waals surface area contributed by atoms with Crippen molar-refractivity contribution in [3.63, 3.8) is 0 Å². The van der Waals surface area contributed by atoms with E-state index in [0.29, 0.717) is 11.8 Å². The number of amides is 4. The first-order chi connectivity index (χ1) is 24.9. The number of carbonyl (C=O) groups excluding carboxylic acids is 4. The van der Waals surface area contributed by atoms with Gasteiger partial charge in [0.15, 0.2) is 0 Å². The van der Waals surface area contributed by atoms with Crippen LogP contribution in [-0.4, -0.2) is 73.2 Å². The quantitative estimate of drug-likeness (QED) is 0.225. The fraction of sp³-hybridized carbons (Fsp3) is 0.568. The van der Waals surface area contributed by atoms with Gasteiger partial charge in [-0.1, -0.05) is 70.2 Å². The Labute approximate surface area is 306 Å². The Morgan fingerprint density at radius 3 is 2.23 bits per heavy atom. The average Bonchev–Trinajstić information content (AvgIpc) is 3.86. The number of carbonyl (C=O) groups is 4. The molecule has 2 aromatic rings. The van der Waals surface area contributed by atoms with Gasteiger partial charge >= 0.3 is 19.0 Å². The van der Waals surface area contributed by atoms with Crippen LogP contribution >= 0.6 is 0 Å². The van der Waals surface area contributed by atoms with Gasteiger partial charge in [0.2, 0.25) is 17.7 Å². The largest absolute Gasteiger partial charge is 0.478 e. The highest BCUT2D eigenvalue weighted by molar-refractivity contribution is 6.46. The first-order valence-electron chi connectivity index (χ1n) is 18.0. The molecular formula is C37H46BF3N6O6. The Hall–Kier alpha value is -4.31. The Morgan fingerprint density at radius 2 is 1.60 bits per heavy atom. The Balaban J connectivity index is 1.08. The van der Waals surface area contributed by atoms with E-state index in [-0.39, 0.29) is 35.5 Å². The zero-order valence-corrected chi connectivity index (χ0v) is 30.6. The molecule has 16 heteroatoms. The van der Waals surface area contributed by atoms with Crippen LogP contribution in [0.4, 0.5) is 13.2 Å². The van der Waals surface area contributed by atoms with Gasteiger partial charge in [-0.15, -0.1) is 10.2 Å². The molecule has 284 valence electrons. The van der Waals surface area contributed by atoms with Gasteiger partial charge in [-0.25, -0.2) is 0 Å². The normalized spacial score (nSPS) is 26.4.